The van der Waals surface area contributed by atoms with Gasteiger partial charge in [-0.25, -0.2) is 4.39 Å². The van der Waals surface area contributed by atoms with Gasteiger partial charge in [-0.2, -0.15) is 5.26 Å². The van der Waals surface area contributed by atoms with Crippen LogP contribution in [0.4, 0.5) is 4.39 Å². The molecule has 0 amide bonds. The average molecular weight is 220 g/mol. The molecule has 0 saturated heterocycles. The highest BCUT2D eigenvalue weighted by Crippen LogP contribution is 2.12. The Hall–Kier alpha value is -1.40. The van der Waals surface area contributed by atoms with Crippen molar-refractivity contribution in [1.82, 2.24) is 4.90 Å². The average Bonchev–Trinajstić information content (AvgIpc) is 2.26. The van der Waals surface area contributed by atoms with Crippen LogP contribution in [0.25, 0.3) is 0 Å². The van der Waals surface area contributed by atoms with Crippen LogP contribution in [0.15, 0.2) is 24.3 Å². The van der Waals surface area contributed by atoms with Crippen LogP contribution in [0.1, 0.15) is 25.8 Å². The van der Waals surface area contributed by atoms with Gasteiger partial charge in [0.25, 0.3) is 0 Å². The zero-order chi connectivity index (χ0) is 12.0. The summed E-state index contributed by atoms with van der Waals surface area (Å²) in [6.07, 6.45) is 0.479. The Labute approximate surface area is 96.3 Å². The van der Waals surface area contributed by atoms with Gasteiger partial charge in [-0.3, -0.25) is 4.90 Å². The summed E-state index contributed by atoms with van der Waals surface area (Å²) in [5.41, 5.74) is 0.689. The number of hydrogen-bond acceptors (Lipinski definition) is 2. The van der Waals surface area contributed by atoms with Crippen LogP contribution in [-0.4, -0.2) is 17.5 Å². The molecule has 3 heteroatoms. The second kappa shape index (κ2) is 6.24. The van der Waals surface area contributed by atoms with E-state index in [0.29, 0.717) is 31.1 Å². The summed E-state index contributed by atoms with van der Waals surface area (Å²) < 4.78 is 13.4. The van der Waals surface area contributed by atoms with Gasteiger partial charge in [0.1, 0.15) is 5.82 Å². The fraction of sp³-hybridized carbons (Fsp3) is 0.462. The molecule has 0 atom stereocenters. The maximum absolute atomic E-state index is 13.4. The molecule has 0 fully saturated rings. The first-order valence-corrected chi connectivity index (χ1v) is 5.49. The van der Waals surface area contributed by atoms with Gasteiger partial charge < -0.3 is 0 Å². The lowest BCUT2D eigenvalue weighted by molar-refractivity contribution is 0.215. The second-order valence-electron chi connectivity index (χ2n) is 4.06. The molecule has 0 aromatic heterocycles. The molecule has 0 aliphatic heterocycles. The Morgan fingerprint density at radius 2 is 2.06 bits per heavy atom. The number of benzene rings is 1. The Morgan fingerprint density at radius 1 is 1.38 bits per heavy atom. The highest BCUT2D eigenvalue weighted by Gasteiger charge is 2.11. The van der Waals surface area contributed by atoms with Crippen molar-refractivity contribution in [2.45, 2.75) is 32.9 Å². The van der Waals surface area contributed by atoms with Gasteiger partial charge in [0.05, 0.1) is 6.07 Å². The Morgan fingerprint density at radius 3 is 2.62 bits per heavy atom. The molecule has 0 N–H and O–H groups in total. The van der Waals surface area contributed by atoms with Crippen molar-refractivity contribution in [3.8, 4) is 6.07 Å². The molecule has 0 saturated carbocycles. The maximum Gasteiger partial charge on any atom is 0.127 e. The Kier molecular flexibility index (Phi) is 4.94. The lowest BCUT2D eigenvalue weighted by Gasteiger charge is -2.25. The number of nitrogens with zero attached hydrogens (tertiary/aromatic N) is 2. The third-order valence-corrected chi connectivity index (χ3v) is 2.57. The molecule has 0 unspecified atom stereocenters. The van der Waals surface area contributed by atoms with Crippen molar-refractivity contribution < 1.29 is 4.39 Å². The van der Waals surface area contributed by atoms with E-state index in [0.717, 1.165) is 0 Å². The number of hydrogen-bond donors (Lipinski definition) is 0. The van der Waals surface area contributed by atoms with Gasteiger partial charge in [-0.05, 0) is 19.9 Å². The number of halogens is 1. The SMILES string of the molecule is CC(C)N(CCC#N)Cc1ccccc1F. The number of rotatable bonds is 5. The smallest absolute Gasteiger partial charge is 0.127 e. The van der Waals surface area contributed by atoms with Gasteiger partial charge in [0.2, 0.25) is 0 Å². The molecule has 0 bridgehead atoms. The zero-order valence-electron chi connectivity index (χ0n) is 9.78. The van der Waals surface area contributed by atoms with Crippen molar-refractivity contribution in [2.24, 2.45) is 0 Å². The third-order valence-electron chi connectivity index (χ3n) is 2.57. The van der Waals surface area contributed by atoms with Crippen LogP contribution in [-0.2, 0) is 6.54 Å². The van der Waals surface area contributed by atoms with E-state index in [1.165, 1.54) is 6.07 Å². The summed E-state index contributed by atoms with van der Waals surface area (Å²) in [5, 5.41) is 8.57. The first-order valence-electron chi connectivity index (χ1n) is 5.49. The lowest BCUT2D eigenvalue weighted by atomic mass is 10.1. The molecule has 1 aromatic carbocycles. The highest BCUT2D eigenvalue weighted by atomic mass is 19.1. The van der Waals surface area contributed by atoms with Crippen molar-refractivity contribution in [1.29, 1.82) is 5.26 Å². The van der Waals surface area contributed by atoms with Crippen LogP contribution < -0.4 is 0 Å². The molecule has 1 rings (SSSR count). The van der Waals surface area contributed by atoms with E-state index >= 15 is 0 Å². The van der Waals surface area contributed by atoms with Crippen molar-refractivity contribution in [2.75, 3.05) is 6.54 Å². The van der Waals surface area contributed by atoms with Crippen LogP contribution in [0.2, 0.25) is 0 Å². The molecule has 2 nitrogen and oxygen atoms in total. The molecule has 0 heterocycles. The van der Waals surface area contributed by atoms with E-state index in [9.17, 15) is 4.39 Å². The van der Waals surface area contributed by atoms with E-state index in [-0.39, 0.29) is 5.82 Å². The molecular weight excluding hydrogens is 203 g/mol. The normalized spacial score (nSPS) is 10.8. The quantitative estimate of drug-likeness (QED) is 0.762. The lowest BCUT2D eigenvalue weighted by Crippen LogP contribution is -2.31. The molecule has 0 radical (unpaired) electrons. The van der Waals surface area contributed by atoms with Crippen molar-refractivity contribution in [3.05, 3.63) is 35.6 Å². The first-order chi connectivity index (χ1) is 7.65. The van der Waals surface area contributed by atoms with Gasteiger partial charge in [0, 0.05) is 31.1 Å². The molecule has 1 aromatic rings. The van der Waals surface area contributed by atoms with Crippen LogP contribution in [0.5, 0.6) is 0 Å². The molecule has 0 spiro atoms. The van der Waals surface area contributed by atoms with Crippen LogP contribution in [0, 0.1) is 17.1 Å². The first kappa shape index (κ1) is 12.7. The minimum absolute atomic E-state index is 0.176. The molecule has 0 aliphatic carbocycles. The highest BCUT2D eigenvalue weighted by molar-refractivity contribution is 5.17. The van der Waals surface area contributed by atoms with E-state index in [1.807, 2.05) is 6.07 Å². The van der Waals surface area contributed by atoms with E-state index in [1.54, 1.807) is 12.1 Å². The summed E-state index contributed by atoms with van der Waals surface area (Å²) in [7, 11) is 0. The van der Waals surface area contributed by atoms with E-state index in [4.69, 9.17) is 5.26 Å². The topological polar surface area (TPSA) is 27.0 Å². The summed E-state index contributed by atoms with van der Waals surface area (Å²) in [4.78, 5) is 2.10. The van der Waals surface area contributed by atoms with Crippen molar-refractivity contribution in [3.63, 3.8) is 0 Å². The second-order valence-corrected chi connectivity index (χ2v) is 4.06. The molecular formula is C13H17FN2. The largest absolute Gasteiger partial charge is 0.296 e. The number of nitriles is 1. The zero-order valence-corrected chi connectivity index (χ0v) is 9.78. The van der Waals surface area contributed by atoms with E-state index < -0.39 is 0 Å². The minimum Gasteiger partial charge on any atom is -0.296 e. The molecule has 16 heavy (non-hydrogen) atoms. The summed E-state index contributed by atoms with van der Waals surface area (Å²) in [6, 6.07) is 9.21. The minimum atomic E-state index is -0.176. The van der Waals surface area contributed by atoms with Crippen LogP contribution >= 0.6 is 0 Å². The Bertz CT molecular complexity index is 368. The van der Waals surface area contributed by atoms with E-state index in [2.05, 4.69) is 24.8 Å². The van der Waals surface area contributed by atoms with Crippen LogP contribution in [0.3, 0.4) is 0 Å². The van der Waals surface area contributed by atoms with Gasteiger partial charge in [0.15, 0.2) is 0 Å². The predicted octanol–water partition coefficient (Wildman–Crippen LogP) is 2.95. The van der Waals surface area contributed by atoms with Gasteiger partial charge >= 0.3 is 0 Å². The summed E-state index contributed by atoms with van der Waals surface area (Å²) in [6.45, 7) is 5.35. The monoisotopic (exact) mass is 220 g/mol. The fourth-order valence-corrected chi connectivity index (χ4v) is 1.56. The maximum atomic E-state index is 13.4. The summed E-state index contributed by atoms with van der Waals surface area (Å²) >= 11 is 0. The van der Waals surface area contributed by atoms with Gasteiger partial charge in [-0.1, -0.05) is 18.2 Å². The fourth-order valence-electron chi connectivity index (χ4n) is 1.56. The van der Waals surface area contributed by atoms with Crippen molar-refractivity contribution >= 4 is 0 Å². The predicted molar refractivity (Wildman–Crippen MR) is 62.2 cm³/mol. The summed E-state index contributed by atoms with van der Waals surface area (Å²) in [5.74, 6) is -0.176. The Balaban J connectivity index is 2.69. The van der Waals surface area contributed by atoms with Gasteiger partial charge in [-0.15, -0.1) is 0 Å². The molecule has 86 valence electrons. The standard InChI is InChI=1S/C13H17FN2/c1-11(2)16(9-5-8-15)10-12-6-3-4-7-13(12)14/h3-4,6-7,11H,5,9-10H2,1-2H3. The molecule has 0 aliphatic rings. The third kappa shape index (κ3) is 3.63.